The summed E-state index contributed by atoms with van der Waals surface area (Å²) in [6.07, 6.45) is 1.69. The van der Waals surface area contributed by atoms with Crippen LogP contribution < -0.4 is 11.1 Å². The SMILES string of the molecule is Nc1cc(Nc2ccc3ccccc3c2)ccn1. The van der Waals surface area contributed by atoms with Crippen LogP contribution in [0, 0.1) is 0 Å². The predicted octanol–water partition coefficient (Wildman–Crippen LogP) is 3.56. The highest BCUT2D eigenvalue weighted by molar-refractivity contribution is 5.86. The molecule has 0 radical (unpaired) electrons. The van der Waals surface area contributed by atoms with Crippen LogP contribution >= 0.6 is 0 Å². The van der Waals surface area contributed by atoms with Crippen LogP contribution in [0.4, 0.5) is 17.2 Å². The van der Waals surface area contributed by atoms with E-state index >= 15 is 0 Å². The molecule has 0 aliphatic carbocycles. The number of nitrogen functional groups attached to an aromatic ring is 1. The number of fused-ring (bicyclic) bond motifs is 1. The highest BCUT2D eigenvalue weighted by Crippen LogP contribution is 2.22. The molecule has 3 N–H and O–H groups in total. The smallest absolute Gasteiger partial charge is 0.125 e. The first-order valence-electron chi connectivity index (χ1n) is 5.79. The van der Waals surface area contributed by atoms with Crippen LogP contribution in [0.1, 0.15) is 0 Å². The van der Waals surface area contributed by atoms with E-state index in [2.05, 4.69) is 40.6 Å². The maximum Gasteiger partial charge on any atom is 0.125 e. The van der Waals surface area contributed by atoms with E-state index in [1.807, 2.05) is 24.3 Å². The van der Waals surface area contributed by atoms with Crippen LogP contribution in [0.2, 0.25) is 0 Å². The predicted molar refractivity (Wildman–Crippen MR) is 75.9 cm³/mol. The van der Waals surface area contributed by atoms with Gasteiger partial charge >= 0.3 is 0 Å². The van der Waals surface area contributed by atoms with Gasteiger partial charge in [-0.05, 0) is 29.0 Å². The molecule has 88 valence electrons. The number of anilines is 3. The molecule has 3 aromatic rings. The Hall–Kier alpha value is -2.55. The molecule has 0 aliphatic heterocycles. The van der Waals surface area contributed by atoms with Gasteiger partial charge in [-0.25, -0.2) is 4.98 Å². The topological polar surface area (TPSA) is 50.9 Å². The number of aromatic nitrogens is 1. The van der Waals surface area contributed by atoms with Crippen molar-refractivity contribution in [2.45, 2.75) is 0 Å². The first-order chi connectivity index (χ1) is 8.81. The number of rotatable bonds is 2. The van der Waals surface area contributed by atoms with Gasteiger partial charge < -0.3 is 11.1 Å². The highest BCUT2D eigenvalue weighted by atomic mass is 14.9. The third-order valence-corrected chi connectivity index (χ3v) is 2.82. The van der Waals surface area contributed by atoms with E-state index in [-0.39, 0.29) is 0 Å². The maximum atomic E-state index is 5.65. The van der Waals surface area contributed by atoms with Crippen molar-refractivity contribution in [1.82, 2.24) is 4.98 Å². The van der Waals surface area contributed by atoms with E-state index in [1.54, 1.807) is 6.20 Å². The number of pyridine rings is 1. The fraction of sp³-hybridized carbons (Fsp3) is 0. The summed E-state index contributed by atoms with van der Waals surface area (Å²) in [5.41, 5.74) is 7.64. The van der Waals surface area contributed by atoms with Crippen LogP contribution in [-0.4, -0.2) is 4.98 Å². The molecule has 1 aromatic heterocycles. The monoisotopic (exact) mass is 235 g/mol. The van der Waals surface area contributed by atoms with Crippen molar-refractivity contribution in [3.05, 3.63) is 60.8 Å². The Morgan fingerprint density at radius 1 is 0.833 bits per heavy atom. The minimum absolute atomic E-state index is 0.515. The summed E-state index contributed by atoms with van der Waals surface area (Å²) in [6, 6.07) is 18.3. The van der Waals surface area contributed by atoms with Gasteiger partial charge in [-0.1, -0.05) is 30.3 Å². The molecule has 0 fully saturated rings. The van der Waals surface area contributed by atoms with E-state index in [1.165, 1.54) is 10.8 Å². The molecule has 3 rings (SSSR count). The molecule has 3 nitrogen and oxygen atoms in total. The lowest BCUT2D eigenvalue weighted by Crippen LogP contribution is -1.94. The summed E-state index contributed by atoms with van der Waals surface area (Å²) >= 11 is 0. The Morgan fingerprint density at radius 3 is 2.44 bits per heavy atom. The molecule has 0 amide bonds. The third-order valence-electron chi connectivity index (χ3n) is 2.82. The molecule has 0 saturated carbocycles. The summed E-state index contributed by atoms with van der Waals surface area (Å²) in [4.78, 5) is 3.97. The van der Waals surface area contributed by atoms with Gasteiger partial charge in [-0.2, -0.15) is 0 Å². The largest absolute Gasteiger partial charge is 0.384 e. The molecule has 0 saturated heterocycles. The fourth-order valence-corrected chi connectivity index (χ4v) is 1.96. The van der Waals surface area contributed by atoms with Gasteiger partial charge in [-0.3, -0.25) is 0 Å². The summed E-state index contributed by atoms with van der Waals surface area (Å²) in [5, 5.41) is 5.76. The average Bonchev–Trinajstić information content (AvgIpc) is 2.39. The second-order valence-corrected chi connectivity index (χ2v) is 4.16. The average molecular weight is 235 g/mol. The van der Waals surface area contributed by atoms with E-state index in [0.717, 1.165) is 11.4 Å². The lowest BCUT2D eigenvalue weighted by atomic mass is 10.1. The number of nitrogens with one attached hydrogen (secondary N) is 1. The minimum atomic E-state index is 0.515. The Labute approximate surface area is 105 Å². The van der Waals surface area contributed by atoms with E-state index < -0.39 is 0 Å². The summed E-state index contributed by atoms with van der Waals surface area (Å²) in [7, 11) is 0. The van der Waals surface area contributed by atoms with Gasteiger partial charge in [0.05, 0.1) is 0 Å². The summed E-state index contributed by atoms with van der Waals surface area (Å²) < 4.78 is 0. The van der Waals surface area contributed by atoms with E-state index in [0.29, 0.717) is 5.82 Å². The molecular formula is C15H13N3. The molecule has 0 unspecified atom stereocenters. The molecule has 0 bridgehead atoms. The van der Waals surface area contributed by atoms with Crippen molar-refractivity contribution in [1.29, 1.82) is 0 Å². The van der Waals surface area contributed by atoms with Crippen molar-refractivity contribution in [3.8, 4) is 0 Å². The van der Waals surface area contributed by atoms with Crippen molar-refractivity contribution in [2.24, 2.45) is 0 Å². The molecule has 0 atom stereocenters. The number of benzene rings is 2. The van der Waals surface area contributed by atoms with Crippen molar-refractivity contribution < 1.29 is 0 Å². The summed E-state index contributed by atoms with van der Waals surface area (Å²) in [5.74, 6) is 0.515. The number of hydrogen-bond acceptors (Lipinski definition) is 3. The molecule has 0 spiro atoms. The van der Waals surface area contributed by atoms with Crippen LogP contribution in [0.5, 0.6) is 0 Å². The van der Waals surface area contributed by atoms with Crippen LogP contribution in [0.15, 0.2) is 60.8 Å². The van der Waals surface area contributed by atoms with Crippen molar-refractivity contribution in [3.63, 3.8) is 0 Å². The first kappa shape index (κ1) is 10.6. The van der Waals surface area contributed by atoms with Gasteiger partial charge in [0.2, 0.25) is 0 Å². The van der Waals surface area contributed by atoms with Crippen LogP contribution in [-0.2, 0) is 0 Å². The lowest BCUT2D eigenvalue weighted by molar-refractivity contribution is 1.33. The van der Waals surface area contributed by atoms with Crippen LogP contribution in [0.25, 0.3) is 10.8 Å². The molecule has 1 heterocycles. The lowest BCUT2D eigenvalue weighted by Gasteiger charge is -2.07. The van der Waals surface area contributed by atoms with Crippen molar-refractivity contribution in [2.75, 3.05) is 11.1 Å². The second-order valence-electron chi connectivity index (χ2n) is 4.16. The second kappa shape index (κ2) is 4.37. The zero-order valence-corrected chi connectivity index (χ0v) is 9.80. The van der Waals surface area contributed by atoms with Gasteiger partial charge in [0.15, 0.2) is 0 Å². The number of nitrogens with zero attached hydrogens (tertiary/aromatic N) is 1. The maximum absolute atomic E-state index is 5.65. The number of nitrogens with two attached hydrogens (primary N) is 1. The summed E-state index contributed by atoms with van der Waals surface area (Å²) in [6.45, 7) is 0. The highest BCUT2D eigenvalue weighted by Gasteiger charge is 1.97. The quantitative estimate of drug-likeness (QED) is 0.714. The van der Waals surface area contributed by atoms with Gasteiger partial charge in [0, 0.05) is 23.6 Å². The minimum Gasteiger partial charge on any atom is -0.384 e. The zero-order valence-electron chi connectivity index (χ0n) is 9.80. The van der Waals surface area contributed by atoms with E-state index in [4.69, 9.17) is 5.73 Å². The molecular weight excluding hydrogens is 222 g/mol. The Morgan fingerprint density at radius 2 is 1.61 bits per heavy atom. The standard InChI is InChI=1S/C15H13N3/c16-15-10-14(7-8-17-15)18-13-6-5-11-3-1-2-4-12(11)9-13/h1-10H,(H3,16,17,18). The van der Waals surface area contributed by atoms with E-state index in [9.17, 15) is 0 Å². The van der Waals surface area contributed by atoms with Gasteiger partial charge in [0.25, 0.3) is 0 Å². The van der Waals surface area contributed by atoms with Crippen LogP contribution in [0.3, 0.4) is 0 Å². The normalized spacial score (nSPS) is 10.4. The molecule has 2 aromatic carbocycles. The Balaban J connectivity index is 1.95. The molecule has 18 heavy (non-hydrogen) atoms. The van der Waals surface area contributed by atoms with Gasteiger partial charge in [0.1, 0.15) is 5.82 Å². The molecule has 3 heteroatoms. The third kappa shape index (κ3) is 2.11. The number of hydrogen-bond donors (Lipinski definition) is 2. The van der Waals surface area contributed by atoms with Gasteiger partial charge in [-0.15, -0.1) is 0 Å². The fourth-order valence-electron chi connectivity index (χ4n) is 1.96. The first-order valence-corrected chi connectivity index (χ1v) is 5.79. The Bertz CT molecular complexity index is 692. The Kier molecular flexibility index (Phi) is 2.57. The molecule has 0 aliphatic rings. The zero-order chi connectivity index (χ0) is 12.4. The van der Waals surface area contributed by atoms with Crippen molar-refractivity contribution >= 4 is 28.0 Å².